The minimum Gasteiger partial charge on any atom is -0.492 e. The van der Waals surface area contributed by atoms with Crippen molar-refractivity contribution in [1.29, 1.82) is 0 Å². The molecule has 1 aliphatic heterocycles. The minimum atomic E-state index is -0.145. The van der Waals surface area contributed by atoms with Crippen molar-refractivity contribution in [2.75, 3.05) is 18.1 Å². The van der Waals surface area contributed by atoms with Crippen molar-refractivity contribution in [2.45, 2.75) is 19.8 Å². The molecule has 0 atom stereocenters. The number of carbonyl (C=O) groups is 2. The molecule has 0 spiro atoms. The molecule has 6 heteroatoms. The Morgan fingerprint density at radius 1 is 1.25 bits per heavy atom. The van der Waals surface area contributed by atoms with Crippen molar-refractivity contribution in [3.8, 4) is 5.75 Å². The summed E-state index contributed by atoms with van der Waals surface area (Å²) in [6.07, 6.45) is 0.673. The standard InChI is InChI=1S/C13H15NO3.CO2/c1-2-17-12-6-4-3-5-11(12)14-8-7-10(15)9-13(14)16;2-1-3/h3-6H,2,7-9H2,1H3;. The molecule has 0 N–H and O–H groups in total. The lowest BCUT2D eigenvalue weighted by Crippen LogP contribution is -2.39. The Hall–Kier alpha value is -2.46. The van der Waals surface area contributed by atoms with Crippen LogP contribution < -0.4 is 9.64 Å². The zero-order valence-corrected chi connectivity index (χ0v) is 11.1. The second-order valence-electron chi connectivity index (χ2n) is 3.99. The van der Waals surface area contributed by atoms with Gasteiger partial charge in [-0.1, -0.05) is 12.1 Å². The smallest absolute Gasteiger partial charge is 0.373 e. The number of benzene rings is 1. The lowest BCUT2D eigenvalue weighted by molar-refractivity contribution is -0.191. The molecule has 1 amide bonds. The van der Waals surface area contributed by atoms with E-state index in [2.05, 4.69) is 0 Å². The average molecular weight is 277 g/mol. The molecule has 1 saturated heterocycles. The number of ether oxygens (including phenoxy) is 1. The number of piperidine rings is 1. The van der Waals surface area contributed by atoms with E-state index in [9.17, 15) is 9.59 Å². The largest absolute Gasteiger partial charge is 0.492 e. The number of amides is 1. The number of ketones is 1. The van der Waals surface area contributed by atoms with Crippen LogP contribution in [0.1, 0.15) is 19.8 Å². The maximum atomic E-state index is 11.8. The molecule has 0 aromatic heterocycles. The third kappa shape index (κ3) is 4.03. The second kappa shape index (κ2) is 7.86. The van der Waals surface area contributed by atoms with Crippen LogP contribution in [-0.2, 0) is 19.2 Å². The van der Waals surface area contributed by atoms with Gasteiger partial charge in [-0.25, -0.2) is 0 Å². The molecule has 20 heavy (non-hydrogen) atoms. The molecule has 6 nitrogen and oxygen atoms in total. The first-order chi connectivity index (χ1) is 9.63. The average Bonchev–Trinajstić information content (AvgIpc) is 2.41. The molecule has 106 valence electrons. The van der Waals surface area contributed by atoms with Crippen LogP contribution in [0.15, 0.2) is 24.3 Å². The minimum absolute atomic E-state index is 0.000456. The van der Waals surface area contributed by atoms with E-state index in [1.54, 1.807) is 4.90 Å². The van der Waals surface area contributed by atoms with Crippen molar-refractivity contribution in [3.63, 3.8) is 0 Å². The van der Waals surface area contributed by atoms with E-state index in [0.29, 0.717) is 25.3 Å². The number of anilines is 1. The van der Waals surface area contributed by atoms with E-state index in [4.69, 9.17) is 14.3 Å². The van der Waals surface area contributed by atoms with Gasteiger partial charge in [-0.3, -0.25) is 9.59 Å². The van der Waals surface area contributed by atoms with Gasteiger partial charge >= 0.3 is 6.15 Å². The van der Waals surface area contributed by atoms with E-state index in [1.807, 2.05) is 31.2 Å². The highest BCUT2D eigenvalue weighted by molar-refractivity contribution is 6.09. The Morgan fingerprint density at radius 3 is 2.50 bits per heavy atom. The summed E-state index contributed by atoms with van der Waals surface area (Å²) < 4.78 is 5.49. The van der Waals surface area contributed by atoms with Gasteiger partial charge in [-0.05, 0) is 19.1 Å². The first-order valence-corrected chi connectivity index (χ1v) is 6.17. The Bertz CT molecular complexity index is 520. The van der Waals surface area contributed by atoms with Crippen LogP contribution >= 0.6 is 0 Å². The predicted octanol–water partition coefficient (Wildman–Crippen LogP) is 1.20. The molecule has 1 fully saturated rings. The van der Waals surface area contributed by atoms with Crippen LogP contribution in [-0.4, -0.2) is 31.0 Å². The Kier molecular flexibility index (Phi) is 6.13. The highest BCUT2D eigenvalue weighted by Gasteiger charge is 2.26. The van der Waals surface area contributed by atoms with Crippen LogP contribution in [0.2, 0.25) is 0 Å². The SMILES string of the molecule is CCOc1ccccc1N1CCC(=O)CC1=O.O=C=O. The summed E-state index contributed by atoms with van der Waals surface area (Å²) in [6, 6.07) is 7.41. The van der Waals surface area contributed by atoms with Crippen LogP contribution in [0.5, 0.6) is 5.75 Å². The molecule has 1 aromatic rings. The van der Waals surface area contributed by atoms with E-state index >= 15 is 0 Å². The quantitative estimate of drug-likeness (QED) is 0.775. The van der Waals surface area contributed by atoms with E-state index in [0.717, 1.165) is 5.69 Å². The van der Waals surface area contributed by atoms with E-state index < -0.39 is 0 Å². The van der Waals surface area contributed by atoms with Gasteiger partial charge in [0.25, 0.3) is 0 Å². The number of carbonyl (C=O) groups excluding carboxylic acids is 4. The maximum Gasteiger partial charge on any atom is 0.373 e. The molecule has 0 aliphatic carbocycles. The number of nitrogens with zero attached hydrogens (tertiary/aromatic N) is 1. The van der Waals surface area contributed by atoms with Crippen LogP contribution in [0, 0.1) is 0 Å². The molecule has 0 radical (unpaired) electrons. The number of Topliss-reactive ketones (excluding diaryl/α,β-unsaturated/α-hetero) is 1. The number of para-hydroxylation sites is 2. The first-order valence-electron chi connectivity index (χ1n) is 6.17. The highest BCUT2D eigenvalue weighted by atomic mass is 16.5. The molecule has 0 unspecified atom stereocenters. The number of hydrogen-bond donors (Lipinski definition) is 0. The second-order valence-corrected chi connectivity index (χ2v) is 3.99. The molecular weight excluding hydrogens is 262 g/mol. The summed E-state index contributed by atoms with van der Waals surface area (Å²) in [5.41, 5.74) is 0.756. The van der Waals surface area contributed by atoms with Gasteiger partial charge in [0.1, 0.15) is 11.5 Å². The van der Waals surface area contributed by atoms with Crippen molar-refractivity contribution in [2.24, 2.45) is 0 Å². The third-order valence-electron chi connectivity index (χ3n) is 2.72. The van der Waals surface area contributed by atoms with Crippen molar-refractivity contribution in [1.82, 2.24) is 0 Å². The Balaban J connectivity index is 0.000000612. The van der Waals surface area contributed by atoms with Gasteiger partial charge in [0.05, 0.1) is 18.7 Å². The van der Waals surface area contributed by atoms with Crippen LogP contribution in [0.3, 0.4) is 0 Å². The molecular formula is C14H15NO5. The molecule has 0 saturated carbocycles. The molecule has 1 aromatic carbocycles. The number of hydrogen-bond acceptors (Lipinski definition) is 5. The monoisotopic (exact) mass is 277 g/mol. The summed E-state index contributed by atoms with van der Waals surface area (Å²) in [5, 5.41) is 0. The van der Waals surface area contributed by atoms with Crippen molar-refractivity contribution in [3.05, 3.63) is 24.3 Å². The summed E-state index contributed by atoms with van der Waals surface area (Å²) in [6.45, 7) is 2.90. The van der Waals surface area contributed by atoms with Gasteiger partial charge < -0.3 is 9.64 Å². The highest BCUT2D eigenvalue weighted by Crippen LogP contribution is 2.30. The van der Waals surface area contributed by atoms with Gasteiger partial charge in [-0.2, -0.15) is 9.59 Å². The lowest BCUT2D eigenvalue weighted by atomic mass is 10.1. The van der Waals surface area contributed by atoms with E-state index in [-0.39, 0.29) is 24.3 Å². The molecule has 0 bridgehead atoms. The molecule has 2 rings (SSSR count). The summed E-state index contributed by atoms with van der Waals surface area (Å²) in [5.74, 6) is 0.561. The Labute approximate surface area is 116 Å². The van der Waals surface area contributed by atoms with Gasteiger partial charge in [0, 0.05) is 13.0 Å². The van der Waals surface area contributed by atoms with Gasteiger partial charge in [0.2, 0.25) is 5.91 Å². The fraction of sp³-hybridized carbons (Fsp3) is 0.357. The lowest BCUT2D eigenvalue weighted by Gasteiger charge is -2.27. The molecule has 1 aliphatic rings. The zero-order valence-electron chi connectivity index (χ0n) is 11.1. The fourth-order valence-electron chi connectivity index (χ4n) is 1.93. The first kappa shape index (κ1) is 15.6. The normalized spacial score (nSPS) is 14.2. The van der Waals surface area contributed by atoms with Gasteiger partial charge in [0.15, 0.2) is 0 Å². The summed E-state index contributed by atoms with van der Waals surface area (Å²) >= 11 is 0. The maximum absolute atomic E-state index is 11.8. The zero-order chi connectivity index (χ0) is 15.0. The number of rotatable bonds is 3. The van der Waals surface area contributed by atoms with Gasteiger partial charge in [-0.15, -0.1) is 0 Å². The Morgan fingerprint density at radius 2 is 1.90 bits per heavy atom. The predicted molar refractivity (Wildman–Crippen MR) is 69.2 cm³/mol. The van der Waals surface area contributed by atoms with Crippen molar-refractivity contribution >= 4 is 23.5 Å². The molecule has 1 heterocycles. The summed E-state index contributed by atoms with van der Waals surface area (Å²) in [4.78, 5) is 40.9. The van der Waals surface area contributed by atoms with E-state index in [1.165, 1.54) is 0 Å². The topological polar surface area (TPSA) is 80.8 Å². The van der Waals surface area contributed by atoms with Crippen molar-refractivity contribution < 1.29 is 23.9 Å². The summed E-state index contributed by atoms with van der Waals surface area (Å²) in [7, 11) is 0. The van der Waals surface area contributed by atoms with Crippen LogP contribution in [0.25, 0.3) is 0 Å². The van der Waals surface area contributed by atoms with Crippen LogP contribution in [0.4, 0.5) is 5.69 Å². The third-order valence-corrected chi connectivity index (χ3v) is 2.72. The fourth-order valence-corrected chi connectivity index (χ4v) is 1.93.